The Bertz CT molecular complexity index is 823. The first-order valence-corrected chi connectivity index (χ1v) is 6.72. The number of hydrogen-bond donors (Lipinski definition) is 1. The molecule has 0 radical (unpaired) electrons. The Morgan fingerprint density at radius 2 is 2.04 bits per heavy atom. The van der Waals surface area contributed by atoms with Gasteiger partial charge in [0.1, 0.15) is 12.9 Å². The average Bonchev–Trinajstić information content (AvgIpc) is 2.93. The van der Waals surface area contributed by atoms with Crippen LogP contribution in [0.5, 0.6) is 0 Å². The fourth-order valence-corrected chi connectivity index (χ4v) is 1.83. The van der Waals surface area contributed by atoms with Crippen molar-refractivity contribution < 1.29 is 19.1 Å². The molecule has 2 heterocycles. The number of primary amides is 1. The number of ketones is 1. The molecule has 0 aromatic carbocycles. The lowest BCUT2D eigenvalue weighted by molar-refractivity contribution is -0.144. The van der Waals surface area contributed by atoms with E-state index in [9.17, 15) is 19.2 Å². The van der Waals surface area contributed by atoms with Crippen molar-refractivity contribution in [3.05, 3.63) is 22.5 Å². The first kappa shape index (κ1) is 16.3. The van der Waals surface area contributed by atoms with Crippen LogP contribution in [-0.2, 0) is 20.9 Å². The molecule has 2 N–H and O–H groups in total. The third-order valence-electron chi connectivity index (χ3n) is 2.89. The molecule has 0 atom stereocenters. The van der Waals surface area contributed by atoms with Crippen LogP contribution < -0.4 is 11.4 Å². The summed E-state index contributed by atoms with van der Waals surface area (Å²) in [7, 11) is 0. The van der Waals surface area contributed by atoms with E-state index in [1.807, 2.05) is 0 Å². The summed E-state index contributed by atoms with van der Waals surface area (Å²) in [6.45, 7) is 1.54. The van der Waals surface area contributed by atoms with E-state index in [1.165, 1.54) is 0 Å². The molecule has 0 aliphatic rings. The van der Waals surface area contributed by atoms with Gasteiger partial charge in [0.2, 0.25) is 0 Å². The number of esters is 1. The number of carbonyl (C=O) groups excluding carboxylic acids is 3. The third kappa shape index (κ3) is 3.56. The van der Waals surface area contributed by atoms with Crippen molar-refractivity contribution in [2.24, 2.45) is 5.73 Å². The van der Waals surface area contributed by atoms with Crippen molar-refractivity contribution in [1.29, 1.82) is 0 Å². The van der Waals surface area contributed by atoms with E-state index in [0.29, 0.717) is 0 Å². The maximum Gasteiger partial charge on any atom is 0.353 e. The summed E-state index contributed by atoms with van der Waals surface area (Å²) in [4.78, 5) is 49.9. The number of fused-ring (bicyclic) bond motifs is 1. The highest BCUT2D eigenvalue weighted by Crippen LogP contribution is 2.01. The van der Waals surface area contributed by atoms with E-state index in [4.69, 9.17) is 10.5 Å². The van der Waals surface area contributed by atoms with Crippen molar-refractivity contribution >= 4 is 23.3 Å². The lowest BCUT2D eigenvalue weighted by Crippen LogP contribution is -2.32. The number of nitrogens with two attached hydrogens (primary N) is 1. The number of carbonyl (C=O) groups is 3. The maximum absolute atomic E-state index is 12.1. The van der Waals surface area contributed by atoms with Gasteiger partial charge in [-0.1, -0.05) is 5.21 Å². The standard InChI is InChI=1S/C12H14N6O5/c1-2-23-8(20)4-3-7(19)5-18-12(22)17-6-14-9(10(13)21)11(17)15-16-18/h6H,2-5H2,1H3,(H2,13,21). The molecule has 1 amide bonds. The van der Waals surface area contributed by atoms with Crippen molar-refractivity contribution in [3.63, 3.8) is 0 Å². The van der Waals surface area contributed by atoms with Crippen LogP contribution in [-0.4, -0.2) is 48.6 Å². The number of nitrogens with zero attached hydrogens (tertiary/aromatic N) is 5. The zero-order valence-corrected chi connectivity index (χ0v) is 12.3. The van der Waals surface area contributed by atoms with E-state index in [0.717, 1.165) is 15.4 Å². The van der Waals surface area contributed by atoms with E-state index in [2.05, 4.69) is 15.3 Å². The Morgan fingerprint density at radius 1 is 1.30 bits per heavy atom. The van der Waals surface area contributed by atoms with Crippen LogP contribution in [0, 0.1) is 0 Å². The molecular formula is C12H14N6O5. The number of rotatable bonds is 7. The second kappa shape index (κ2) is 6.77. The van der Waals surface area contributed by atoms with Crippen LogP contribution in [0.25, 0.3) is 5.65 Å². The van der Waals surface area contributed by atoms with Crippen LogP contribution in [0.15, 0.2) is 11.1 Å². The Kier molecular flexibility index (Phi) is 4.79. The van der Waals surface area contributed by atoms with Gasteiger partial charge in [0, 0.05) is 6.42 Å². The Morgan fingerprint density at radius 3 is 2.70 bits per heavy atom. The van der Waals surface area contributed by atoms with Crippen LogP contribution in [0.2, 0.25) is 0 Å². The van der Waals surface area contributed by atoms with Crippen LogP contribution in [0.1, 0.15) is 30.3 Å². The summed E-state index contributed by atoms with van der Waals surface area (Å²) in [5.41, 5.74) is 4.13. The summed E-state index contributed by atoms with van der Waals surface area (Å²) >= 11 is 0. The van der Waals surface area contributed by atoms with Gasteiger partial charge in [-0.2, -0.15) is 4.68 Å². The van der Waals surface area contributed by atoms with Crippen molar-refractivity contribution in [3.8, 4) is 0 Å². The normalized spacial score (nSPS) is 10.7. The first-order valence-electron chi connectivity index (χ1n) is 6.72. The number of hydrogen-bond acceptors (Lipinski definition) is 8. The molecular weight excluding hydrogens is 308 g/mol. The fraction of sp³-hybridized carbons (Fsp3) is 0.417. The molecule has 2 aromatic heterocycles. The SMILES string of the molecule is CCOC(=O)CCC(=O)Cn1nnc2c(C(N)=O)ncn2c1=O. The van der Waals surface area contributed by atoms with Crippen LogP contribution in [0.3, 0.4) is 0 Å². The number of aromatic nitrogens is 5. The minimum atomic E-state index is -0.843. The van der Waals surface area contributed by atoms with Gasteiger partial charge < -0.3 is 10.5 Å². The molecule has 0 spiro atoms. The summed E-state index contributed by atoms with van der Waals surface area (Å²) in [6, 6.07) is 0. The molecule has 0 aliphatic heterocycles. The second-order valence-electron chi connectivity index (χ2n) is 4.52. The molecule has 2 rings (SSSR count). The molecule has 0 saturated carbocycles. The van der Waals surface area contributed by atoms with Gasteiger partial charge in [0.25, 0.3) is 5.91 Å². The Labute approximate surface area is 129 Å². The highest BCUT2D eigenvalue weighted by molar-refractivity contribution is 5.96. The molecule has 11 nitrogen and oxygen atoms in total. The van der Waals surface area contributed by atoms with Crippen molar-refractivity contribution in [2.45, 2.75) is 26.3 Å². The molecule has 122 valence electrons. The minimum absolute atomic E-state index is 0.0754. The quantitative estimate of drug-likeness (QED) is 0.592. The minimum Gasteiger partial charge on any atom is -0.466 e. The lowest BCUT2D eigenvalue weighted by atomic mass is 10.2. The monoisotopic (exact) mass is 322 g/mol. The molecule has 11 heteroatoms. The molecule has 0 saturated heterocycles. The second-order valence-corrected chi connectivity index (χ2v) is 4.52. The summed E-state index contributed by atoms with van der Waals surface area (Å²) in [5, 5.41) is 7.24. The molecule has 0 fully saturated rings. The first-order chi connectivity index (χ1) is 10.9. The van der Waals surface area contributed by atoms with Gasteiger partial charge >= 0.3 is 11.7 Å². The zero-order chi connectivity index (χ0) is 17.0. The maximum atomic E-state index is 12.1. The smallest absolute Gasteiger partial charge is 0.353 e. The summed E-state index contributed by atoms with van der Waals surface area (Å²) in [6.07, 6.45) is 0.918. The van der Waals surface area contributed by atoms with Gasteiger partial charge in [-0.3, -0.25) is 14.4 Å². The van der Waals surface area contributed by atoms with E-state index in [-0.39, 0.29) is 43.1 Å². The van der Waals surface area contributed by atoms with Gasteiger partial charge in [0.05, 0.1) is 13.0 Å². The average molecular weight is 322 g/mol. The summed E-state index contributed by atoms with van der Waals surface area (Å²) in [5.74, 6) is -1.72. The Hall–Kier alpha value is -3.11. The van der Waals surface area contributed by atoms with Gasteiger partial charge in [0.15, 0.2) is 17.1 Å². The predicted molar refractivity (Wildman–Crippen MR) is 74.4 cm³/mol. The predicted octanol–water partition coefficient (Wildman–Crippen LogP) is -1.70. The molecule has 0 bridgehead atoms. The van der Waals surface area contributed by atoms with Crippen LogP contribution in [0.4, 0.5) is 0 Å². The highest BCUT2D eigenvalue weighted by atomic mass is 16.5. The van der Waals surface area contributed by atoms with Crippen molar-refractivity contribution in [2.75, 3.05) is 6.61 Å². The van der Waals surface area contributed by atoms with E-state index < -0.39 is 17.6 Å². The van der Waals surface area contributed by atoms with E-state index >= 15 is 0 Å². The zero-order valence-electron chi connectivity index (χ0n) is 12.3. The fourth-order valence-electron chi connectivity index (χ4n) is 1.83. The number of ether oxygens (including phenoxy) is 1. The number of amides is 1. The van der Waals surface area contributed by atoms with Gasteiger partial charge in [-0.05, 0) is 6.92 Å². The number of Topliss-reactive ketones (excluding diaryl/α,β-unsaturated/α-hetero) is 1. The van der Waals surface area contributed by atoms with Gasteiger partial charge in [-0.15, -0.1) is 5.10 Å². The molecule has 0 unspecified atom stereocenters. The van der Waals surface area contributed by atoms with Crippen LogP contribution >= 0.6 is 0 Å². The van der Waals surface area contributed by atoms with E-state index in [1.54, 1.807) is 6.92 Å². The Balaban J connectivity index is 2.13. The number of imidazole rings is 1. The topological polar surface area (TPSA) is 152 Å². The molecule has 0 aliphatic carbocycles. The summed E-state index contributed by atoms with van der Waals surface area (Å²) < 4.78 is 6.48. The van der Waals surface area contributed by atoms with Crippen molar-refractivity contribution in [1.82, 2.24) is 24.4 Å². The lowest BCUT2D eigenvalue weighted by Gasteiger charge is -2.04. The highest BCUT2D eigenvalue weighted by Gasteiger charge is 2.16. The third-order valence-corrected chi connectivity index (χ3v) is 2.89. The molecule has 23 heavy (non-hydrogen) atoms. The largest absolute Gasteiger partial charge is 0.466 e. The van der Waals surface area contributed by atoms with Gasteiger partial charge in [-0.25, -0.2) is 14.2 Å². The molecule has 2 aromatic rings.